The number of amides is 1. The van der Waals surface area contributed by atoms with Crippen LogP contribution in [0.4, 0.5) is 10.1 Å². The molecule has 0 aliphatic carbocycles. The first kappa shape index (κ1) is 15.0. The monoisotopic (exact) mass is 308 g/mol. The third-order valence-corrected chi connectivity index (χ3v) is 3.77. The highest BCUT2D eigenvalue weighted by atomic mass is 19.1. The van der Waals surface area contributed by atoms with E-state index in [0.29, 0.717) is 5.69 Å². The Kier molecular flexibility index (Phi) is 3.98. The van der Waals surface area contributed by atoms with Crippen molar-refractivity contribution in [2.45, 2.75) is 13.8 Å². The molecule has 1 N–H and O–H groups in total. The summed E-state index contributed by atoms with van der Waals surface area (Å²) in [5, 5.41) is 2.71. The minimum atomic E-state index is -0.528. The van der Waals surface area contributed by atoms with E-state index in [1.165, 1.54) is 12.1 Å². The number of anilines is 1. The number of aromatic nitrogens is 1. The SMILES string of the molecule is Cc1ccc(C)n1-c1ccc(NC(=O)c2ccccc2F)cc1. The van der Waals surface area contributed by atoms with E-state index in [-0.39, 0.29) is 5.56 Å². The van der Waals surface area contributed by atoms with E-state index >= 15 is 0 Å². The van der Waals surface area contributed by atoms with Crippen LogP contribution in [0.1, 0.15) is 21.7 Å². The van der Waals surface area contributed by atoms with Crippen LogP contribution in [0.15, 0.2) is 60.7 Å². The van der Waals surface area contributed by atoms with E-state index in [1.54, 1.807) is 12.1 Å². The molecule has 1 aromatic heterocycles. The average Bonchev–Trinajstić information content (AvgIpc) is 2.87. The third-order valence-electron chi connectivity index (χ3n) is 3.77. The van der Waals surface area contributed by atoms with Crippen molar-refractivity contribution in [1.82, 2.24) is 4.57 Å². The fourth-order valence-corrected chi connectivity index (χ4v) is 2.61. The van der Waals surface area contributed by atoms with Gasteiger partial charge in [-0.1, -0.05) is 12.1 Å². The van der Waals surface area contributed by atoms with Gasteiger partial charge in [-0.2, -0.15) is 0 Å². The van der Waals surface area contributed by atoms with Gasteiger partial charge >= 0.3 is 0 Å². The van der Waals surface area contributed by atoms with Gasteiger partial charge in [-0.15, -0.1) is 0 Å². The maximum Gasteiger partial charge on any atom is 0.258 e. The fourth-order valence-electron chi connectivity index (χ4n) is 2.61. The van der Waals surface area contributed by atoms with Crippen LogP contribution in [0.3, 0.4) is 0 Å². The lowest BCUT2D eigenvalue weighted by Gasteiger charge is -2.11. The Labute approximate surface area is 134 Å². The molecule has 0 saturated heterocycles. The number of rotatable bonds is 3. The summed E-state index contributed by atoms with van der Waals surface area (Å²) in [4.78, 5) is 12.1. The topological polar surface area (TPSA) is 34.0 Å². The van der Waals surface area contributed by atoms with Gasteiger partial charge in [-0.25, -0.2) is 4.39 Å². The molecule has 0 radical (unpaired) electrons. The molecule has 3 nitrogen and oxygen atoms in total. The number of nitrogens with zero attached hydrogens (tertiary/aromatic N) is 1. The molecule has 0 fully saturated rings. The summed E-state index contributed by atoms with van der Waals surface area (Å²) in [6, 6.07) is 17.5. The highest BCUT2D eigenvalue weighted by Gasteiger charge is 2.11. The molecule has 23 heavy (non-hydrogen) atoms. The van der Waals surface area contributed by atoms with Crippen molar-refractivity contribution in [1.29, 1.82) is 0 Å². The zero-order valence-electron chi connectivity index (χ0n) is 13.0. The summed E-state index contributed by atoms with van der Waals surface area (Å²) in [5.74, 6) is -0.982. The van der Waals surface area contributed by atoms with Gasteiger partial charge in [0.1, 0.15) is 5.82 Å². The zero-order valence-corrected chi connectivity index (χ0v) is 13.0. The Hall–Kier alpha value is -2.88. The van der Waals surface area contributed by atoms with Gasteiger partial charge in [0.25, 0.3) is 5.91 Å². The van der Waals surface area contributed by atoms with E-state index in [4.69, 9.17) is 0 Å². The van der Waals surface area contributed by atoms with Crippen LogP contribution in [0.25, 0.3) is 5.69 Å². The van der Waals surface area contributed by atoms with Crippen LogP contribution in [0.5, 0.6) is 0 Å². The fraction of sp³-hybridized carbons (Fsp3) is 0.105. The number of nitrogens with one attached hydrogen (secondary N) is 1. The number of hydrogen-bond donors (Lipinski definition) is 1. The molecule has 1 amide bonds. The lowest BCUT2D eigenvalue weighted by atomic mass is 10.2. The van der Waals surface area contributed by atoms with Gasteiger partial charge in [0, 0.05) is 22.8 Å². The predicted molar refractivity (Wildman–Crippen MR) is 89.6 cm³/mol. The summed E-state index contributed by atoms with van der Waals surface area (Å²) >= 11 is 0. The number of hydrogen-bond acceptors (Lipinski definition) is 1. The van der Waals surface area contributed by atoms with E-state index in [1.807, 2.05) is 38.1 Å². The second-order valence-electron chi connectivity index (χ2n) is 5.43. The van der Waals surface area contributed by atoms with Gasteiger partial charge in [-0.05, 0) is 62.4 Å². The molecule has 2 aromatic carbocycles. The van der Waals surface area contributed by atoms with Crippen molar-refractivity contribution in [3.63, 3.8) is 0 Å². The van der Waals surface area contributed by atoms with E-state index in [9.17, 15) is 9.18 Å². The minimum Gasteiger partial charge on any atom is -0.322 e. The Balaban J connectivity index is 1.81. The number of carbonyl (C=O) groups is 1. The van der Waals surface area contributed by atoms with Crippen LogP contribution in [-0.2, 0) is 0 Å². The Morgan fingerprint density at radius 1 is 0.913 bits per heavy atom. The minimum absolute atomic E-state index is 0.0358. The summed E-state index contributed by atoms with van der Waals surface area (Å²) in [6.45, 7) is 4.09. The second-order valence-corrected chi connectivity index (χ2v) is 5.43. The van der Waals surface area contributed by atoms with Crippen LogP contribution in [0.2, 0.25) is 0 Å². The molecule has 3 rings (SSSR count). The van der Waals surface area contributed by atoms with Crippen LogP contribution < -0.4 is 5.32 Å². The smallest absolute Gasteiger partial charge is 0.258 e. The molecule has 0 atom stereocenters. The van der Waals surface area contributed by atoms with E-state index in [0.717, 1.165) is 17.1 Å². The highest BCUT2D eigenvalue weighted by Crippen LogP contribution is 2.19. The van der Waals surface area contributed by atoms with Crippen molar-refractivity contribution in [2.75, 3.05) is 5.32 Å². The largest absolute Gasteiger partial charge is 0.322 e. The molecule has 3 aromatic rings. The highest BCUT2D eigenvalue weighted by molar-refractivity contribution is 6.04. The molecular formula is C19H17FN2O. The summed E-state index contributed by atoms with van der Waals surface area (Å²) in [6.07, 6.45) is 0. The Morgan fingerprint density at radius 3 is 2.13 bits per heavy atom. The molecule has 0 aliphatic heterocycles. The number of benzene rings is 2. The average molecular weight is 308 g/mol. The quantitative estimate of drug-likeness (QED) is 0.760. The molecule has 4 heteroatoms. The van der Waals surface area contributed by atoms with Gasteiger partial charge in [-0.3, -0.25) is 4.79 Å². The van der Waals surface area contributed by atoms with Crippen LogP contribution in [0, 0.1) is 19.7 Å². The van der Waals surface area contributed by atoms with Crippen LogP contribution in [-0.4, -0.2) is 10.5 Å². The molecular weight excluding hydrogens is 291 g/mol. The summed E-state index contributed by atoms with van der Waals surface area (Å²) in [5.41, 5.74) is 3.98. The van der Waals surface area contributed by atoms with E-state index in [2.05, 4.69) is 22.0 Å². The van der Waals surface area contributed by atoms with Crippen molar-refractivity contribution in [2.24, 2.45) is 0 Å². The number of aryl methyl sites for hydroxylation is 2. The summed E-state index contributed by atoms with van der Waals surface area (Å²) in [7, 11) is 0. The third kappa shape index (κ3) is 3.01. The van der Waals surface area contributed by atoms with Crippen LogP contribution >= 0.6 is 0 Å². The van der Waals surface area contributed by atoms with Gasteiger partial charge in [0.15, 0.2) is 0 Å². The maximum atomic E-state index is 13.6. The molecule has 0 bridgehead atoms. The van der Waals surface area contributed by atoms with Crippen molar-refractivity contribution in [3.05, 3.63) is 83.4 Å². The lowest BCUT2D eigenvalue weighted by Crippen LogP contribution is -2.13. The number of halogens is 1. The van der Waals surface area contributed by atoms with Crippen molar-refractivity contribution < 1.29 is 9.18 Å². The normalized spacial score (nSPS) is 10.6. The first-order valence-electron chi connectivity index (χ1n) is 7.37. The standard InChI is InChI=1S/C19H17FN2O/c1-13-7-8-14(2)22(13)16-11-9-15(10-12-16)21-19(23)17-5-3-4-6-18(17)20/h3-12H,1-2H3,(H,21,23). The summed E-state index contributed by atoms with van der Waals surface area (Å²) < 4.78 is 15.7. The molecule has 0 unspecified atom stereocenters. The maximum absolute atomic E-state index is 13.6. The Morgan fingerprint density at radius 2 is 1.52 bits per heavy atom. The predicted octanol–water partition coefficient (Wildman–Crippen LogP) is 4.49. The van der Waals surface area contributed by atoms with Gasteiger partial charge in [0.2, 0.25) is 0 Å². The molecule has 0 spiro atoms. The second kappa shape index (κ2) is 6.08. The van der Waals surface area contributed by atoms with E-state index < -0.39 is 11.7 Å². The number of carbonyl (C=O) groups excluding carboxylic acids is 1. The molecule has 0 aliphatic rings. The zero-order chi connectivity index (χ0) is 16.4. The molecule has 116 valence electrons. The Bertz CT molecular complexity index is 831. The molecule has 0 saturated carbocycles. The van der Waals surface area contributed by atoms with Gasteiger partial charge in [0.05, 0.1) is 5.56 Å². The first-order chi connectivity index (χ1) is 11.1. The van der Waals surface area contributed by atoms with Crippen molar-refractivity contribution >= 4 is 11.6 Å². The van der Waals surface area contributed by atoms with Crippen molar-refractivity contribution in [3.8, 4) is 5.69 Å². The lowest BCUT2D eigenvalue weighted by molar-refractivity contribution is 0.102. The molecule has 1 heterocycles. The van der Waals surface area contributed by atoms with Gasteiger partial charge < -0.3 is 9.88 Å². The first-order valence-corrected chi connectivity index (χ1v) is 7.37.